The van der Waals surface area contributed by atoms with Crippen molar-refractivity contribution in [3.05, 3.63) is 42.0 Å². The maximum Gasteiger partial charge on any atom is 0.236 e. The molecule has 1 amide bonds. The Hall–Kier alpha value is -2.54. The number of hydrogen-bond donors (Lipinski definition) is 1. The first kappa shape index (κ1) is 19.2. The third-order valence-corrected chi connectivity index (χ3v) is 4.96. The summed E-state index contributed by atoms with van der Waals surface area (Å²) in [5.74, 6) is 1.12. The van der Waals surface area contributed by atoms with Gasteiger partial charge in [-0.05, 0) is 51.9 Å². The number of likely N-dealkylation sites (tertiary alicyclic amines) is 1. The molecule has 2 aromatic rings. The number of aryl methyl sites for hydroxylation is 1. The van der Waals surface area contributed by atoms with E-state index < -0.39 is 0 Å². The summed E-state index contributed by atoms with van der Waals surface area (Å²) < 4.78 is 0. The molecule has 0 spiro atoms. The van der Waals surface area contributed by atoms with Crippen molar-refractivity contribution in [1.82, 2.24) is 24.8 Å². The molecule has 1 aliphatic rings. The molecular formula is C20H28N6O. The standard InChI is InChI=1S/C20H28N6O/c1-4-26(5-2)19(27)14-25-10-7-16(13-25)18-12-17(11-15(3)23-18)24-20-21-8-6-9-22-20/h6,8-9,11-12,16H,4-5,7,10,13-14H2,1-3H3,(H,21,22,23,24)/t16-/m0/s1. The van der Waals surface area contributed by atoms with Gasteiger partial charge in [0.05, 0.1) is 6.54 Å². The highest BCUT2D eigenvalue weighted by atomic mass is 16.2. The van der Waals surface area contributed by atoms with Crippen LogP contribution in [0.2, 0.25) is 0 Å². The Morgan fingerprint density at radius 1 is 1.26 bits per heavy atom. The molecule has 0 saturated carbocycles. The Balaban J connectivity index is 1.66. The smallest absolute Gasteiger partial charge is 0.236 e. The van der Waals surface area contributed by atoms with Gasteiger partial charge >= 0.3 is 0 Å². The van der Waals surface area contributed by atoms with E-state index in [1.165, 1.54) is 0 Å². The van der Waals surface area contributed by atoms with E-state index in [0.29, 0.717) is 18.4 Å². The molecule has 0 radical (unpaired) electrons. The first-order chi connectivity index (χ1) is 13.1. The number of hydrogen-bond acceptors (Lipinski definition) is 6. The van der Waals surface area contributed by atoms with E-state index in [-0.39, 0.29) is 5.91 Å². The number of carbonyl (C=O) groups excluding carboxylic acids is 1. The largest absolute Gasteiger partial charge is 0.342 e. The minimum atomic E-state index is 0.210. The lowest BCUT2D eigenvalue weighted by Crippen LogP contribution is -2.39. The van der Waals surface area contributed by atoms with Gasteiger partial charge in [0.25, 0.3) is 0 Å². The molecule has 1 fully saturated rings. The summed E-state index contributed by atoms with van der Waals surface area (Å²) in [7, 11) is 0. The highest BCUT2D eigenvalue weighted by Crippen LogP contribution is 2.28. The Labute approximate surface area is 160 Å². The Bertz CT molecular complexity index is 762. The summed E-state index contributed by atoms with van der Waals surface area (Å²) in [5.41, 5.74) is 2.97. The van der Waals surface area contributed by atoms with Crippen molar-refractivity contribution < 1.29 is 4.79 Å². The molecule has 0 bridgehead atoms. The van der Waals surface area contributed by atoms with Crippen molar-refractivity contribution in [2.45, 2.75) is 33.1 Å². The van der Waals surface area contributed by atoms with Gasteiger partial charge in [-0.15, -0.1) is 0 Å². The van der Waals surface area contributed by atoms with Gasteiger partial charge in [-0.25, -0.2) is 9.97 Å². The van der Waals surface area contributed by atoms with Crippen molar-refractivity contribution in [2.24, 2.45) is 0 Å². The van der Waals surface area contributed by atoms with Gasteiger partial charge in [0.2, 0.25) is 11.9 Å². The molecule has 144 valence electrons. The fraction of sp³-hybridized carbons (Fsp3) is 0.500. The molecular weight excluding hydrogens is 340 g/mol. The van der Waals surface area contributed by atoms with Gasteiger partial charge in [0.15, 0.2) is 0 Å². The number of nitrogens with one attached hydrogen (secondary N) is 1. The Kier molecular flexibility index (Phi) is 6.34. The lowest BCUT2D eigenvalue weighted by Gasteiger charge is -2.22. The van der Waals surface area contributed by atoms with Crippen LogP contribution in [-0.2, 0) is 4.79 Å². The lowest BCUT2D eigenvalue weighted by atomic mass is 10.0. The molecule has 0 aliphatic carbocycles. The van der Waals surface area contributed by atoms with Crippen LogP contribution >= 0.6 is 0 Å². The summed E-state index contributed by atoms with van der Waals surface area (Å²) in [6.07, 6.45) is 4.45. The fourth-order valence-electron chi connectivity index (χ4n) is 3.55. The molecule has 1 atom stereocenters. The Morgan fingerprint density at radius 2 is 2.00 bits per heavy atom. The van der Waals surface area contributed by atoms with Crippen LogP contribution in [0, 0.1) is 6.92 Å². The summed E-state index contributed by atoms with van der Waals surface area (Å²) in [6, 6.07) is 5.86. The van der Waals surface area contributed by atoms with Crippen LogP contribution in [-0.4, -0.2) is 63.4 Å². The van der Waals surface area contributed by atoms with Crippen LogP contribution in [0.3, 0.4) is 0 Å². The van der Waals surface area contributed by atoms with Gasteiger partial charge in [-0.3, -0.25) is 14.7 Å². The molecule has 1 N–H and O–H groups in total. The maximum absolute atomic E-state index is 12.4. The second-order valence-corrected chi connectivity index (χ2v) is 6.91. The van der Waals surface area contributed by atoms with Crippen molar-refractivity contribution in [3.8, 4) is 0 Å². The summed E-state index contributed by atoms with van der Waals surface area (Å²) >= 11 is 0. The maximum atomic E-state index is 12.4. The van der Waals surface area contributed by atoms with Crippen molar-refractivity contribution in [1.29, 1.82) is 0 Å². The minimum Gasteiger partial charge on any atom is -0.342 e. The summed E-state index contributed by atoms with van der Waals surface area (Å²) in [5, 5.41) is 3.25. The van der Waals surface area contributed by atoms with Gasteiger partial charge in [-0.2, -0.15) is 0 Å². The van der Waals surface area contributed by atoms with Crippen LogP contribution in [0.25, 0.3) is 0 Å². The van der Waals surface area contributed by atoms with Crippen LogP contribution in [0.5, 0.6) is 0 Å². The molecule has 0 aromatic carbocycles. The normalized spacial score (nSPS) is 17.1. The predicted octanol–water partition coefficient (Wildman–Crippen LogP) is 2.58. The zero-order valence-corrected chi connectivity index (χ0v) is 16.4. The molecule has 3 heterocycles. The van der Waals surface area contributed by atoms with E-state index >= 15 is 0 Å². The lowest BCUT2D eigenvalue weighted by molar-refractivity contribution is -0.131. The molecule has 1 aliphatic heterocycles. The predicted molar refractivity (Wildman–Crippen MR) is 106 cm³/mol. The summed E-state index contributed by atoms with van der Waals surface area (Å²) in [6.45, 7) is 9.86. The molecule has 3 rings (SSSR count). The first-order valence-electron chi connectivity index (χ1n) is 9.61. The first-order valence-corrected chi connectivity index (χ1v) is 9.61. The number of rotatable bonds is 7. The van der Waals surface area contributed by atoms with E-state index in [0.717, 1.165) is 49.7 Å². The highest BCUT2D eigenvalue weighted by Gasteiger charge is 2.27. The van der Waals surface area contributed by atoms with Crippen LogP contribution in [0.1, 0.15) is 37.6 Å². The van der Waals surface area contributed by atoms with Gasteiger partial charge in [0, 0.05) is 55.0 Å². The zero-order valence-electron chi connectivity index (χ0n) is 16.4. The van der Waals surface area contributed by atoms with E-state index in [4.69, 9.17) is 4.98 Å². The molecule has 7 nitrogen and oxygen atoms in total. The fourth-order valence-corrected chi connectivity index (χ4v) is 3.55. The van der Waals surface area contributed by atoms with E-state index in [2.05, 4.69) is 26.3 Å². The van der Waals surface area contributed by atoms with Gasteiger partial charge in [0.1, 0.15) is 0 Å². The third-order valence-electron chi connectivity index (χ3n) is 4.96. The van der Waals surface area contributed by atoms with E-state index in [1.807, 2.05) is 31.7 Å². The molecule has 2 aromatic heterocycles. The Morgan fingerprint density at radius 3 is 2.70 bits per heavy atom. The number of carbonyl (C=O) groups is 1. The third kappa shape index (κ3) is 5.01. The van der Waals surface area contributed by atoms with Crippen LogP contribution < -0.4 is 5.32 Å². The van der Waals surface area contributed by atoms with Crippen LogP contribution in [0.4, 0.5) is 11.6 Å². The van der Waals surface area contributed by atoms with Crippen LogP contribution in [0.15, 0.2) is 30.6 Å². The SMILES string of the molecule is CCN(CC)C(=O)CN1CC[C@H](c2cc(Nc3ncccn3)cc(C)n2)C1. The number of aromatic nitrogens is 3. The summed E-state index contributed by atoms with van der Waals surface area (Å²) in [4.78, 5) is 29.7. The van der Waals surface area contributed by atoms with Crippen molar-refractivity contribution in [3.63, 3.8) is 0 Å². The van der Waals surface area contributed by atoms with Crippen molar-refractivity contribution >= 4 is 17.5 Å². The quantitative estimate of drug-likeness (QED) is 0.810. The zero-order chi connectivity index (χ0) is 19.2. The highest BCUT2D eigenvalue weighted by molar-refractivity contribution is 5.78. The molecule has 0 unspecified atom stereocenters. The molecule has 27 heavy (non-hydrogen) atoms. The van der Waals surface area contributed by atoms with Crippen molar-refractivity contribution in [2.75, 3.05) is 38.0 Å². The average Bonchev–Trinajstić information content (AvgIpc) is 3.11. The second-order valence-electron chi connectivity index (χ2n) is 6.91. The number of anilines is 2. The molecule has 7 heteroatoms. The monoisotopic (exact) mass is 368 g/mol. The average molecular weight is 368 g/mol. The van der Waals surface area contributed by atoms with E-state index in [1.54, 1.807) is 18.5 Å². The van der Waals surface area contributed by atoms with Gasteiger partial charge < -0.3 is 10.2 Å². The van der Waals surface area contributed by atoms with E-state index in [9.17, 15) is 4.79 Å². The number of pyridine rings is 1. The minimum absolute atomic E-state index is 0.210. The van der Waals surface area contributed by atoms with Gasteiger partial charge in [-0.1, -0.05) is 0 Å². The second kappa shape index (κ2) is 8.90. The number of nitrogens with zero attached hydrogens (tertiary/aromatic N) is 5. The topological polar surface area (TPSA) is 74.2 Å². The number of likely N-dealkylation sites (N-methyl/N-ethyl adjacent to an activating group) is 1. The molecule has 1 saturated heterocycles. The number of amides is 1.